The Morgan fingerprint density at radius 3 is 2.78 bits per heavy atom. The van der Waals surface area contributed by atoms with Gasteiger partial charge in [-0.2, -0.15) is 0 Å². The predicted octanol–water partition coefficient (Wildman–Crippen LogP) is 3.23. The molecule has 0 bridgehead atoms. The highest BCUT2D eigenvalue weighted by Gasteiger charge is 2.03. The first-order valence-electron chi connectivity index (χ1n) is 8.46. The largest absolute Gasteiger partial charge is 0.368 e. The lowest BCUT2D eigenvalue weighted by atomic mass is 10.4. The van der Waals surface area contributed by atoms with E-state index in [1.165, 1.54) is 6.08 Å². The zero-order valence-corrected chi connectivity index (χ0v) is 15.7. The second kappa shape index (κ2) is 9.44. The number of hydrogen-bond donors (Lipinski definition) is 3. The summed E-state index contributed by atoms with van der Waals surface area (Å²) in [6, 6.07) is 11.3. The van der Waals surface area contributed by atoms with Gasteiger partial charge in [0.1, 0.15) is 23.3 Å². The Labute approximate surface area is 161 Å². The van der Waals surface area contributed by atoms with Crippen LogP contribution in [-0.4, -0.2) is 33.9 Å². The molecule has 0 saturated heterocycles. The Kier molecular flexibility index (Phi) is 6.48. The number of nitrogens with zero attached hydrogens (tertiary/aromatic N) is 3. The average Bonchev–Trinajstić information content (AvgIpc) is 3.18. The van der Waals surface area contributed by atoms with Crippen LogP contribution in [0, 0.1) is 6.92 Å². The SMILES string of the molecule is Cc1nc(NCCNC(=O)/C=C/c2cccs2)cc(Nc2ccccn2)n1. The fraction of sp³-hybridized carbons (Fsp3) is 0.158. The second-order valence-electron chi connectivity index (χ2n) is 5.59. The molecule has 8 heteroatoms. The van der Waals surface area contributed by atoms with Gasteiger partial charge in [0.2, 0.25) is 5.91 Å². The van der Waals surface area contributed by atoms with Crippen LogP contribution in [0.25, 0.3) is 6.08 Å². The van der Waals surface area contributed by atoms with Crippen LogP contribution in [-0.2, 0) is 4.79 Å². The number of rotatable bonds is 8. The lowest BCUT2D eigenvalue weighted by Gasteiger charge is -2.10. The number of hydrogen-bond acceptors (Lipinski definition) is 7. The Bertz CT molecular complexity index is 896. The summed E-state index contributed by atoms with van der Waals surface area (Å²) in [5.41, 5.74) is 0. The smallest absolute Gasteiger partial charge is 0.244 e. The average molecular weight is 380 g/mol. The van der Waals surface area contributed by atoms with Gasteiger partial charge < -0.3 is 16.0 Å². The van der Waals surface area contributed by atoms with Crippen LogP contribution < -0.4 is 16.0 Å². The molecule has 0 aliphatic rings. The summed E-state index contributed by atoms with van der Waals surface area (Å²) in [6.07, 6.45) is 5.05. The van der Waals surface area contributed by atoms with Crippen molar-refractivity contribution in [3.8, 4) is 0 Å². The molecule has 138 valence electrons. The molecule has 0 radical (unpaired) electrons. The van der Waals surface area contributed by atoms with Gasteiger partial charge in [-0.15, -0.1) is 11.3 Å². The van der Waals surface area contributed by atoms with E-state index in [2.05, 4.69) is 30.9 Å². The van der Waals surface area contributed by atoms with E-state index < -0.39 is 0 Å². The van der Waals surface area contributed by atoms with Crippen molar-refractivity contribution in [2.75, 3.05) is 23.7 Å². The van der Waals surface area contributed by atoms with Crippen molar-refractivity contribution in [2.24, 2.45) is 0 Å². The first-order valence-corrected chi connectivity index (χ1v) is 9.34. The van der Waals surface area contributed by atoms with E-state index in [1.807, 2.05) is 42.6 Å². The first-order chi connectivity index (χ1) is 13.2. The van der Waals surface area contributed by atoms with Crippen molar-refractivity contribution in [3.05, 3.63) is 64.8 Å². The van der Waals surface area contributed by atoms with Crippen molar-refractivity contribution >= 4 is 40.8 Å². The molecule has 1 amide bonds. The summed E-state index contributed by atoms with van der Waals surface area (Å²) in [5.74, 6) is 2.57. The maximum atomic E-state index is 11.8. The number of thiophene rings is 1. The number of aromatic nitrogens is 3. The molecule has 0 aliphatic heterocycles. The summed E-state index contributed by atoms with van der Waals surface area (Å²) >= 11 is 1.59. The normalized spacial score (nSPS) is 10.7. The molecule has 0 unspecified atom stereocenters. The molecule has 27 heavy (non-hydrogen) atoms. The summed E-state index contributed by atoms with van der Waals surface area (Å²) in [5, 5.41) is 11.1. The molecule has 3 rings (SSSR count). The molecule has 3 aromatic heterocycles. The van der Waals surface area contributed by atoms with Gasteiger partial charge in [-0.25, -0.2) is 15.0 Å². The Hall–Kier alpha value is -3.26. The van der Waals surface area contributed by atoms with Crippen LogP contribution in [0.3, 0.4) is 0 Å². The maximum absolute atomic E-state index is 11.8. The molecule has 0 fully saturated rings. The molecular weight excluding hydrogens is 360 g/mol. The van der Waals surface area contributed by atoms with Gasteiger partial charge in [-0.3, -0.25) is 4.79 Å². The summed E-state index contributed by atoms with van der Waals surface area (Å²) in [4.78, 5) is 25.8. The second-order valence-corrected chi connectivity index (χ2v) is 6.57. The van der Waals surface area contributed by atoms with Gasteiger partial charge in [-0.05, 0) is 36.6 Å². The van der Waals surface area contributed by atoms with Gasteiger partial charge >= 0.3 is 0 Å². The Morgan fingerprint density at radius 2 is 2.00 bits per heavy atom. The van der Waals surface area contributed by atoms with Crippen LogP contribution in [0.5, 0.6) is 0 Å². The minimum absolute atomic E-state index is 0.124. The molecule has 0 saturated carbocycles. The van der Waals surface area contributed by atoms with Crippen LogP contribution in [0.4, 0.5) is 17.5 Å². The first kappa shape index (κ1) is 18.5. The number of amides is 1. The van der Waals surface area contributed by atoms with E-state index in [1.54, 1.807) is 29.7 Å². The van der Waals surface area contributed by atoms with Gasteiger partial charge in [0.15, 0.2) is 0 Å². The molecular formula is C19H20N6OS. The van der Waals surface area contributed by atoms with E-state index in [9.17, 15) is 4.79 Å². The van der Waals surface area contributed by atoms with E-state index >= 15 is 0 Å². The van der Waals surface area contributed by atoms with Gasteiger partial charge in [0.25, 0.3) is 0 Å². The lowest BCUT2D eigenvalue weighted by molar-refractivity contribution is -0.116. The molecule has 7 nitrogen and oxygen atoms in total. The van der Waals surface area contributed by atoms with Gasteiger partial charge in [0, 0.05) is 36.3 Å². The molecule has 0 atom stereocenters. The number of nitrogens with one attached hydrogen (secondary N) is 3. The number of carbonyl (C=O) groups is 1. The molecule has 0 spiro atoms. The zero-order chi connectivity index (χ0) is 18.9. The molecule has 0 aromatic carbocycles. The fourth-order valence-corrected chi connectivity index (χ4v) is 2.89. The Balaban J connectivity index is 1.47. The minimum Gasteiger partial charge on any atom is -0.368 e. The maximum Gasteiger partial charge on any atom is 0.244 e. The summed E-state index contributed by atoms with van der Waals surface area (Å²) in [7, 11) is 0. The number of carbonyl (C=O) groups excluding carboxylic acids is 1. The Morgan fingerprint density at radius 1 is 1.11 bits per heavy atom. The van der Waals surface area contributed by atoms with Crippen molar-refractivity contribution in [3.63, 3.8) is 0 Å². The van der Waals surface area contributed by atoms with E-state index in [0.717, 1.165) is 4.88 Å². The lowest BCUT2D eigenvalue weighted by Crippen LogP contribution is -2.27. The van der Waals surface area contributed by atoms with Crippen molar-refractivity contribution in [1.82, 2.24) is 20.3 Å². The highest BCUT2D eigenvalue weighted by atomic mass is 32.1. The van der Waals surface area contributed by atoms with E-state index in [-0.39, 0.29) is 5.91 Å². The number of pyridine rings is 1. The van der Waals surface area contributed by atoms with Crippen LogP contribution in [0.1, 0.15) is 10.7 Å². The van der Waals surface area contributed by atoms with Crippen LogP contribution in [0.15, 0.2) is 54.1 Å². The standard InChI is InChI=1S/C19H20N6OS/c1-14-23-17(13-18(24-14)25-16-6-2-3-9-20-16)21-10-11-22-19(26)8-7-15-5-4-12-27-15/h2-9,12-13H,10-11H2,1H3,(H,22,26)(H2,20,21,23,24,25)/b8-7+. The van der Waals surface area contributed by atoms with Gasteiger partial charge in [-0.1, -0.05) is 12.1 Å². The fourth-order valence-electron chi connectivity index (χ4n) is 2.27. The third-order valence-corrected chi connectivity index (χ3v) is 4.27. The monoisotopic (exact) mass is 380 g/mol. The number of aryl methyl sites for hydroxylation is 1. The van der Waals surface area contributed by atoms with E-state index in [0.29, 0.717) is 36.4 Å². The quantitative estimate of drug-likeness (QED) is 0.410. The summed E-state index contributed by atoms with van der Waals surface area (Å²) < 4.78 is 0. The van der Waals surface area contributed by atoms with Crippen LogP contribution >= 0.6 is 11.3 Å². The predicted molar refractivity (Wildman–Crippen MR) is 109 cm³/mol. The highest BCUT2D eigenvalue weighted by Crippen LogP contribution is 2.15. The van der Waals surface area contributed by atoms with Crippen molar-refractivity contribution in [1.29, 1.82) is 0 Å². The third-order valence-electron chi connectivity index (χ3n) is 3.43. The third kappa shape index (κ3) is 6.19. The molecule has 3 N–H and O–H groups in total. The summed E-state index contributed by atoms with van der Waals surface area (Å²) in [6.45, 7) is 2.86. The number of anilines is 3. The zero-order valence-electron chi connectivity index (χ0n) is 14.8. The van der Waals surface area contributed by atoms with Crippen LogP contribution in [0.2, 0.25) is 0 Å². The van der Waals surface area contributed by atoms with Crippen molar-refractivity contribution in [2.45, 2.75) is 6.92 Å². The highest BCUT2D eigenvalue weighted by molar-refractivity contribution is 7.10. The molecule has 3 aromatic rings. The topological polar surface area (TPSA) is 91.8 Å². The van der Waals surface area contributed by atoms with Gasteiger partial charge in [0.05, 0.1) is 0 Å². The molecule has 3 heterocycles. The van der Waals surface area contributed by atoms with E-state index in [4.69, 9.17) is 0 Å². The molecule has 0 aliphatic carbocycles. The van der Waals surface area contributed by atoms with Crippen molar-refractivity contribution < 1.29 is 4.79 Å². The minimum atomic E-state index is -0.124.